The van der Waals surface area contributed by atoms with E-state index in [1.807, 2.05) is 6.07 Å². The van der Waals surface area contributed by atoms with Crippen molar-refractivity contribution < 1.29 is 18.3 Å². The molecule has 34 heavy (non-hydrogen) atoms. The molecule has 0 saturated heterocycles. The standard InChI is InChI=1S/C23H13Br2F2N3O3S/c1-33-23(32)19-18(13-8-12(25)3-5-16(13)27)14(9-28)20(29)30-21(31)17(34-22(19)30)7-10-6-11(24)2-4-15(10)26/h2-8,18H,29H2,1H3/b17-7+/t18-/m1/s1. The molecule has 2 N–H and O–H groups in total. The molecule has 1 aliphatic heterocycles. The van der Waals surface area contributed by atoms with Crippen molar-refractivity contribution >= 4 is 66.6 Å². The van der Waals surface area contributed by atoms with Crippen LogP contribution in [0.5, 0.6) is 0 Å². The second-order valence-electron chi connectivity index (χ2n) is 7.14. The third-order valence-corrected chi connectivity index (χ3v) is 7.28. The maximum Gasteiger partial charge on any atom is 0.337 e. The Morgan fingerprint density at radius 2 is 1.85 bits per heavy atom. The lowest BCUT2D eigenvalue weighted by Gasteiger charge is -2.24. The van der Waals surface area contributed by atoms with Crippen molar-refractivity contribution in [1.29, 1.82) is 5.26 Å². The van der Waals surface area contributed by atoms with Crippen molar-refractivity contribution in [3.63, 3.8) is 0 Å². The van der Waals surface area contributed by atoms with E-state index in [9.17, 15) is 23.6 Å². The molecule has 3 aromatic rings. The van der Waals surface area contributed by atoms with E-state index in [2.05, 4.69) is 31.9 Å². The number of nitrogens with two attached hydrogens (primary N) is 1. The molecule has 0 unspecified atom stereocenters. The lowest BCUT2D eigenvalue weighted by Crippen LogP contribution is -2.40. The highest BCUT2D eigenvalue weighted by atomic mass is 79.9. The number of fused-ring (bicyclic) bond motifs is 1. The van der Waals surface area contributed by atoms with E-state index in [1.54, 1.807) is 0 Å². The number of nitrogens with zero attached hydrogens (tertiary/aromatic N) is 2. The van der Waals surface area contributed by atoms with Crippen LogP contribution < -0.4 is 20.5 Å². The molecular formula is C23H13Br2F2N3O3S. The van der Waals surface area contributed by atoms with E-state index < -0.39 is 29.1 Å². The fraction of sp³-hybridized carbons (Fsp3) is 0.0870. The molecule has 0 fully saturated rings. The molecule has 1 atom stereocenters. The number of nitriles is 1. The molecule has 0 spiro atoms. The number of methoxy groups -OCH3 is 1. The predicted octanol–water partition coefficient (Wildman–Crippen LogP) is 3.31. The first-order chi connectivity index (χ1) is 16.2. The van der Waals surface area contributed by atoms with E-state index in [-0.39, 0.29) is 37.3 Å². The van der Waals surface area contributed by atoms with Gasteiger partial charge in [-0.3, -0.25) is 9.36 Å². The van der Waals surface area contributed by atoms with Crippen LogP contribution >= 0.6 is 43.2 Å². The summed E-state index contributed by atoms with van der Waals surface area (Å²) in [6, 6.07) is 10.2. The summed E-state index contributed by atoms with van der Waals surface area (Å²) in [5.41, 5.74) is 5.38. The highest BCUT2D eigenvalue weighted by Crippen LogP contribution is 2.38. The van der Waals surface area contributed by atoms with Crippen molar-refractivity contribution in [2.75, 3.05) is 7.11 Å². The number of halogens is 4. The molecule has 0 radical (unpaired) electrons. The number of thiazole rings is 1. The largest absolute Gasteiger partial charge is 0.466 e. The van der Waals surface area contributed by atoms with Gasteiger partial charge in [-0.2, -0.15) is 5.26 Å². The second kappa shape index (κ2) is 9.29. The van der Waals surface area contributed by atoms with Crippen LogP contribution in [0.4, 0.5) is 8.78 Å². The van der Waals surface area contributed by atoms with Crippen LogP contribution in [0.1, 0.15) is 17.0 Å². The van der Waals surface area contributed by atoms with Gasteiger partial charge in [0.05, 0.1) is 34.8 Å². The van der Waals surface area contributed by atoms with Crippen LogP contribution in [0.2, 0.25) is 0 Å². The molecule has 11 heteroatoms. The van der Waals surface area contributed by atoms with Crippen molar-refractivity contribution in [3.8, 4) is 6.07 Å². The summed E-state index contributed by atoms with van der Waals surface area (Å²) in [5, 5.41) is 9.89. The number of aromatic nitrogens is 1. The van der Waals surface area contributed by atoms with E-state index in [4.69, 9.17) is 10.5 Å². The Morgan fingerprint density at radius 3 is 2.50 bits per heavy atom. The average Bonchev–Trinajstić information content (AvgIpc) is 3.13. The van der Waals surface area contributed by atoms with Gasteiger partial charge in [-0.25, -0.2) is 13.6 Å². The minimum absolute atomic E-state index is 0.00457. The Bertz CT molecular complexity index is 1620. The van der Waals surface area contributed by atoms with E-state index in [1.165, 1.54) is 42.5 Å². The zero-order valence-corrected chi connectivity index (χ0v) is 21.2. The molecular weight excluding hydrogens is 596 g/mol. The highest BCUT2D eigenvalue weighted by Gasteiger charge is 2.37. The van der Waals surface area contributed by atoms with Gasteiger partial charge < -0.3 is 10.5 Å². The molecule has 0 amide bonds. The number of benzene rings is 2. The summed E-state index contributed by atoms with van der Waals surface area (Å²) in [7, 11) is 1.14. The minimum Gasteiger partial charge on any atom is -0.466 e. The fourth-order valence-corrected chi connectivity index (χ4v) is 5.58. The average molecular weight is 609 g/mol. The molecule has 6 nitrogen and oxygen atoms in total. The van der Waals surface area contributed by atoms with Crippen LogP contribution in [-0.4, -0.2) is 17.6 Å². The van der Waals surface area contributed by atoms with E-state index in [0.29, 0.717) is 8.95 Å². The summed E-state index contributed by atoms with van der Waals surface area (Å²) in [4.78, 5) is 26.1. The Labute approximate surface area is 212 Å². The zero-order valence-electron chi connectivity index (χ0n) is 17.2. The van der Waals surface area contributed by atoms with Crippen molar-refractivity contribution in [1.82, 2.24) is 4.57 Å². The highest BCUT2D eigenvalue weighted by molar-refractivity contribution is 9.10. The number of carbonyl (C=O) groups excluding carboxylic acids is 1. The van der Waals surface area contributed by atoms with E-state index >= 15 is 0 Å². The van der Waals surface area contributed by atoms with Crippen molar-refractivity contribution in [2.45, 2.75) is 5.92 Å². The smallest absolute Gasteiger partial charge is 0.337 e. The van der Waals surface area contributed by atoms with Crippen LogP contribution in [0, 0.1) is 23.0 Å². The first-order valence-corrected chi connectivity index (χ1v) is 11.9. The number of hydrogen-bond acceptors (Lipinski definition) is 6. The summed E-state index contributed by atoms with van der Waals surface area (Å²) in [5.74, 6) is -3.56. The van der Waals surface area contributed by atoms with Crippen LogP contribution in [-0.2, 0) is 9.53 Å². The van der Waals surface area contributed by atoms with Gasteiger partial charge in [0.15, 0.2) is 0 Å². The minimum atomic E-state index is -1.22. The zero-order chi connectivity index (χ0) is 24.7. The second-order valence-corrected chi connectivity index (χ2v) is 10.00. The quantitative estimate of drug-likeness (QED) is 0.460. The molecule has 1 aliphatic rings. The lowest BCUT2D eigenvalue weighted by molar-refractivity contribution is -0.134. The third kappa shape index (κ3) is 4.02. The summed E-state index contributed by atoms with van der Waals surface area (Å²) >= 11 is 7.40. The lowest BCUT2D eigenvalue weighted by atomic mass is 9.83. The number of allylic oxidation sites excluding steroid dienone is 1. The van der Waals surface area contributed by atoms with Gasteiger partial charge in [0.1, 0.15) is 22.1 Å². The van der Waals surface area contributed by atoms with Crippen molar-refractivity contribution in [2.24, 2.45) is 5.73 Å². The topological polar surface area (TPSA) is 98.1 Å². The maximum absolute atomic E-state index is 14.9. The number of rotatable bonds is 3. The molecule has 4 rings (SSSR count). The number of ether oxygens (including phenoxy) is 1. The van der Waals surface area contributed by atoms with Gasteiger partial charge in [-0.05, 0) is 42.5 Å². The normalized spacial score (nSPS) is 15.8. The van der Waals surface area contributed by atoms with E-state index in [0.717, 1.165) is 23.0 Å². The molecule has 0 aliphatic carbocycles. The van der Waals surface area contributed by atoms with Crippen LogP contribution in [0.3, 0.4) is 0 Å². The fourth-order valence-electron chi connectivity index (χ4n) is 3.67. The SMILES string of the molecule is COC(=O)C1=c2s/c(=C/c3cc(Br)ccc3F)c(=O)n2C(N)=C(C#N)[C@H]1c1cc(Br)ccc1F. The van der Waals surface area contributed by atoms with Crippen molar-refractivity contribution in [3.05, 3.63) is 93.2 Å². The molecule has 2 aromatic carbocycles. The number of carbonyl (C=O) groups is 1. The Morgan fingerprint density at radius 1 is 1.21 bits per heavy atom. The summed E-state index contributed by atoms with van der Waals surface area (Å²) in [6.45, 7) is 0. The Balaban J connectivity index is 2.15. The molecule has 2 heterocycles. The Kier molecular flexibility index (Phi) is 6.58. The monoisotopic (exact) mass is 607 g/mol. The number of esters is 1. The number of hydrogen-bond donors (Lipinski definition) is 1. The first-order valence-electron chi connectivity index (χ1n) is 9.54. The first kappa shape index (κ1) is 24.1. The van der Waals surface area contributed by atoms with Gasteiger partial charge in [-0.15, -0.1) is 11.3 Å². The maximum atomic E-state index is 14.9. The van der Waals surface area contributed by atoms with Gasteiger partial charge in [0.25, 0.3) is 5.56 Å². The predicted molar refractivity (Wildman–Crippen MR) is 131 cm³/mol. The van der Waals surface area contributed by atoms with Crippen LogP contribution in [0.15, 0.2) is 55.7 Å². The molecule has 172 valence electrons. The van der Waals surface area contributed by atoms with Crippen LogP contribution in [0.25, 0.3) is 17.5 Å². The molecule has 0 bridgehead atoms. The van der Waals surface area contributed by atoms with Gasteiger partial charge in [-0.1, -0.05) is 31.9 Å². The molecule has 1 aromatic heterocycles. The van der Waals surface area contributed by atoms with Gasteiger partial charge >= 0.3 is 5.97 Å². The third-order valence-electron chi connectivity index (χ3n) is 5.19. The Hall–Kier alpha value is -3.07. The van der Waals surface area contributed by atoms with Gasteiger partial charge in [0, 0.05) is 20.1 Å². The molecule has 0 saturated carbocycles. The summed E-state index contributed by atoms with van der Waals surface area (Å²) < 4.78 is 36.4. The van der Waals surface area contributed by atoms with Gasteiger partial charge in [0.2, 0.25) is 0 Å². The summed E-state index contributed by atoms with van der Waals surface area (Å²) in [6.07, 6.45) is 1.32.